The molecule has 3 heterocycles. The molecule has 2 aromatic rings. The van der Waals surface area contributed by atoms with Gasteiger partial charge in [-0.15, -0.1) is 0 Å². The molecule has 3 N–H and O–H groups in total. The van der Waals surface area contributed by atoms with Crippen molar-refractivity contribution >= 4 is 34.9 Å². The topological polar surface area (TPSA) is 137 Å². The maximum atomic E-state index is 11.6. The number of rotatable bonds is 4. The van der Waals surface area contributed by atoms with Gasteiger partial charge in [-0.3, -0.25) is 10.1 Å². The molecule has 10 nitrogen and oxygen atoms in total. The number of halogens is 1. The van der Waals surface area contributed by atoms with Crippen molar-refractivity contribution in [1.29, 1.82) is 0 Å². The van der Waals surface area contributed by atoms with Gasteiger partial charge in [-0.1, -0.05) is 11.6 Å². The number of nitrogens with one attached hydrogen (secondary N) is 1. The fourth-order valence-corrected chi connectivity index (χ4v) is 2.92. The summed E-state index contributed by atoms with van der Waals surface area (Å²) >= 11 is 5.38. The largest absolute Gasteiger partial charge is 0.444 e. The number of nitro groups is 1. The number of pyridine rings is 2. The van der Waals surface area contributed by atoms with E-state index in [0.717, 1.165) is 31.5 Å². The molecule has 11 heteroatoms. The van der Waals surface area contributed by atoms with Crippen LogP contribution < -0.4 is 16.0 Å². The molecular formula is C20H27ClN6O4. The SMILES string of the molecule is CC(C)(C)OC(=O)NCC1CCN(c2ccc(N)cn2)C1.O=[N+]([O-])c1ccc(Cl)nc1. The third-order valence-electron chi connectivity index (χ3n) is 4.24. The first-order valence-corrected chi connectivity index (χ1v) is 10.1. The van der Waals surface area contributed by atoms with Gasteiger partial charge in [0.15, 0.2) is 0 Å². The summed E-state index contributed by atoms with van der Waals surface area (Å²) in [6.45, 7) is 8.02. The average molecular weight is 451 g/mol. The fourth-order valence-electron chi connectivity index (χ4n) is 2.81. The van der Waals surface area contributed by atoms with E-state index < -0.39 is 10.5 Å². The number of anilines is 2. The highest BCUT2D eigenvalue weighted by Gasteiger charge is 2.24. The number of amides is 1. The molecular weight excluding hydrogens is 424 g/mol. The molecule has 1 amide bonds. The van der Waals surface area contributed by atoms with Gasteiger partial charge in [-0.2, -0.15) is 0 Å². The molecule has 1 aliphatic heterocycles. The van der Waals surface area contributed by atoms with Gasteiger partial charge in [-0.05, 0) is 51.3 Å². The summed E-state index contributed by atoms with van der Waals surface area (Å²) in [5, 5.41) is 13.1. The van der Waals surface area contributed by atoms with Crippen LogP contribution in [0.5, 0.6) is 0 Å². The van der Waals surface area contributed by atoms with Crippen molar-refractivity contribution in [1.82, 2.24) is 15.3 Å². The van der Waals surface area contributed by atoms with E-state index in [0.29, 0.717) is 18.2 Å². The Hall–Kier alpha value is -3.14. The van der Waals surface area contributed by atoms with E-state index in [1.54, 1.807) is 6.20 Å². The number of alkyl carbamates (subject to hydrolysis) is 1. The summed E-state index contributed by atoms with van der Waals surface area (Å²) < 4.78 is 5.23. The molecule has 0 spiro atoms. The quantitative estimate of drug-likeness (QED) is 0.409. The van der Waals surface area contributed by atoms with Gasteiger partial charge in [-0.25, -0.2) is 14.8 Å². The van der Waals surface area contributed by atoms with Crippen molar-refractivity contribution in [3.05, 3.63) is 51.9 Å². The van der Waals surface area contributed by atoms with Crippen molar-refractivity contribution in [3.63, 3.8) is 0 Å². The fraction of sp³-hybridized carbons (Fsp3) is 0.450. The third kappa shape index (κ3) is 8.63. The Bertz CT molecular complexity index is 871. The molecule has 31 heavy (non-hydrogen) atoms. The molecule has 1 saturated heterocycles. The normalized spacial score (nSPS) is 15.6. The molecule has 3 rings (SSSR count). The lowest BCUT2D eigenvalue weighted by atomic mass is 10.1. The van der Waals surface area contributed by atoms with Crippen LogP contribution in [-0.4, -0.2) is 46.2 Å². The molecule has 1 atom stereocenters. The minimum absolute atomic E-state index is 0.0515. The minimum atomic E-state index is -0.524. The van der Waals surface area contributed by atoms with Crippen LogP contribution in [-0.2, 0) is 4.74 Å². The Kier molecular flexibility index (Phi) is 8.38. The van der Waals surface area contributed by atoms with E-state index in [-0.39, 0.29) is 16.9 Å². The first-order valence-electron chi connectivity index (χ1n) is 9.73. The zero-order valence-corrected chi connectivity index (χ0v) is 18.5. The molecule has 2 aromatic heterocycles. The van der Waals surface area contributed by atoms with E-state index in [1.807, 2.05) is 32.9 Å². The lowest BCUT2D eigenvalue weighted by Crippen LogP contribution is -2.36. The number of hydrogen-bond acceptors (Lipinski definition) is 8. The van der Waals surface area contributed by atoms with Crippen molar-refractivity contribution < 1.29 is 14.5 Å². The van der Waals surface area contributed by atoms with Crippen LogP contribution in [0.1, 0.15) is 27.2 Å². The number of nitrogens with two attached hydrogens (primary N) is 1. The van der Waals surface area contributed by atoms with Gasteiger partial charge >= 0.3 is 6.09 Å². The Labute approximate surface area is 185 Å². The second-order valence-electron chi connectivity index (χ2n) is 8.03. The van der Waals surface area contributed by atoms with Crippen LogP contribution in [0.2, 0.25) is 5.15 Å². The van der Waals surface area contributed by atoms with Crippen LogP contribution in [0.15, 0.2) is 36.7 Å². The predicted octanol–water partition coefficient (Wildman–Crippen LogP) is 3.66. The summed E-state index contributed by atoms with van der Waals surface area (Å²) in [6, 6.07) is 6.46. The summed E-state index contributed by atoms with van der Waals surface area (Å²) in [6.07, 6.45) is 3.46. The smallest absolute Gasteiger partial charge is 0.407 e. The molecule has 0 radical (unpaired) electrons. The maximum absolute atomic E-state index is 11.6. The summed E-state index contributed by atoms with van der Waals surface area (Å²) in [4.78, 5) is 31.2. The molecule has 0 aliphatic carbocycles. The van der Waals surface area contributed by atoms with Crippen LogP contribution in [0.25, 0.3) is 0 Å². The minimum Gasteiger partial charge on any atom is -0.444 e. The first kappa shape index (κ1) is 24.1. The standard InChI is InChI=1S/C15H24N4O2.C5H3ClN2O2/c1-15(2,3)21-14(20)18-8-11-6-7-19(10-11)13-5-4-12(16)9-17-13;6-5-2-1-4(3-7-5)8(9)10/h4-5,9,11H,6-8,10,16H2,1-3H3,(H,18,20);1-3H. The lowest BCUT2D eigenvalue weighted by Gasteiger charge is -2.21. The van der Waals surface area contributed by atoms with Crippen LogP contribution in [0, 0.1) is 16.0 Å². The van der Waals surface area contributed by atoms with Gasteiger partial charge in [0.05, 0.1) is 16.8 Å². The first-order chi connectivity index (χ1) is 14.5. The Morgan fingerprint density at radius 3 is 2.61 bits per heavy atom. The number of hydrogen-bond donors (Lipinski definition) is 2. The van der Waals surface area contributed by atoms with Crippen molar-refractivity contribution in [2.45, 2.75) is 32.8 Å². The maximum Gasteiger partial charge on any atom is 0.407 e. The number of carbonyl (C=O) groups excluding carboxylic acids is 1. The van der Waals surface area contributed by atoms with Crippen LogP contribution >= 0.6 is 11.6 Å². The van der Waals surface area contributed by atoms with Crippen LogP contribution in [0.3, 0.4) is 0 Å². The van der Waals surface area contributed by atoms with E-state index in [2.05, 4.69) is 20.2 Å². The van der Waals surface area contributed by atoms with E-state index in [9.17, 15) is 14.9 Å². The monoisotopic (exact) mass is 450 g/mol. The van der Waals surface area contributed by atoms with Gasteiger partial charge in [0.2, 0.25) is 0 Å². The molecule has 1 fully saturated rings. The van der Waals surface area contributed by atoms with Crippen molar-refractivity contribution in [3.8, 4) is 0 Å². The van der Waals surface area contributed by atoms with Crippen molar-refractivity contribution in [2.24, 2.45) is 5.92 Å². The van der Waals surface area contributed by atoms with E-state index in [1.165, 1.54) is 12.1 Å². The van der Waals surface area contributed by atoms with Gasteiger partial charge in [0, 0.05) is 25.7 Å². The number of carbonyl (C=O) groups is 1. The van der Waals surface area contributed by atoms with Gasteiger partial charge in [0.25, 0.3) is 5.69 Å². The van der Waals surface area contributed by atoms with Gasteiger partial charge < -0.3 is 20.7 Å². The summed E-state index contributed by atoms with van der Waals surface area (Å²) in [5.74, 6) is 1.35. The second-order valence-corrected chi connectivity index (χ2v) is 8.42. The Morgan fingerprint density at radius 2 is 2.06 bits per heavy atom. The number of ether oxygens (including phenoxy) is 1. The number of nitrogens with zero attached hydrogens (tertiary/aromatic N) is 4. The lowest BCUT2D eigenvalue weighted by molar-refractivity contribution is -0.385. The summed E-state index contributed by atoms with van der Waals surface area (Å²) in [7, 11) is 0. The van der Waals surface area contributed by atoms with Crippen molar-refractivity contribution in [2.75, 3.05) is 30.3 Å². The Balaban J connectivity index is 0.000000285. The molecule has 1 aliphatic rings. The molecule has 1 unspecified atom stereocenters. The van der Waals surface area contributed by atoms with E-state index >= 15 is 0 Å². The highest BCUT2D eigenvalue weighted by molar-refractivity contribution is 6.29. The molecule has 0 aromatic carbocycles. The highest BCUT2D eigenvalue weighted by Crippen LogP contribution is 2.22. The van der Waals surface area contributed by atoms with E-state index in [4.69, 9.17) is 22.1 Å². The van der Waals surface area contributed by atoms with Crippen LogP contribution in [0.4, 0.5) is 22.0 Å². The zero-order chi connectivity index (χ0) is 23.0. The highest BCUT2D eigenvalue weighted by atomic mass is 35.5. The molecule has 168 valence electrons. The molecule has 0 saturated carbocycles. The Morgan fingerprint density at radius 1 is 1.32 bits per heavy atom. The average Bonchev–Trinajstić information content (AvgIpc) is 3.15. The molecule has 0 bridgehead atoms. The zero-order valence-electron chi connectivity index (χ0n) is 17.7. The number of aromatic nitrogens is 2. The summed E-state index contributed by atoms with van der Waals surface area (Å²) in [5.41, 5.74) is 5.80. The number of nitrogen functional groups attached to an aromatic ring is 1. The second kappa shape index (κ2) is 10.8. The third-order valence-corrected chi connectivity index (χ3v) is 4.46. The van der Waals surface area contributed by atoms with Gasteiger partial charge in [0.1, 0.15) is 22.8 Å². The predicted molar refractivity (Wildman–Crippen MR) is 119 cm³/mol.